The molecule has 4 nitrogen and oxygen atoms in total. The topological polar surface area (TPSA) is 89.3 Å². The first-order valence-electron chi connectivity index (χ1n) is 1.25. The summed E-state index contributed by atoms with van der Waals surface area (Å²) in [6.45, 7) is 0. The van der Waals surface area contributed by atoms with E-state index in [9.17, 15) is 4.21 Å². The number of hydrogen-bond acceptors (Lipinski definition) is 3. The molecule has 1 unspecified atom stereocenters. The largest absolute Gasteiger partial charge is 0.304 e. The van der Waals surface area contributed by atoms with Gasteiger partial charge in [-0.15, -0.1) is 0 Å². The molecule has 0 aromatic carbocycles. The summed E-state index contributed by atoms with van der Waals surface area (Å²) in [7, 11) is 0. The highest BCUT2D eigenvalue weighted by molar-refractivity contribution is 7.79. The lowest BCUT2D eigenvalue weighted by atomic mass is 11.2. The Morgan fingerprint density at radius 1 is 1.67 bits per heavy atom. The molecule has 0 aliphatic carbocycles. The summed E-state index contributed by atoms with van der Waals surface area (Å²) in [6, 6.07) is 0. The monoisotopic (exact) mass is 110 g/mol. The van der Waals surface area contributed by atoms with Gasteiger partial charge in [0.2, 0.25) is 0 Å². The van der Waals surface area contributed by atoms with Crippen molar-refractivity contribution in [3.63, 3.8) is 0 Å². The van der Waals surface area contributed by atoms with Crippen molar-refractivity contribution in [1.29, 1.82) is 0 Å². The number of nitrogens with two attached hydrogens (primary N) is 2. The third-order valence-electron chi connectivity index (χ3n) is 0.233. The van der Waals surface area contributed by atoms with E-state index >= 15 is 0 Å². The van der Waals surface area contributed by atoms with Crippen molar-refractivity contribution >= 4 is 11.1 Å². The smallest absolute Gasteiger partial charge is 0.185 e. The molecule has 5 N–H and O–H groups in total. The third kappa shape index (κ3) is 2.28. The predicted octanol–water partition coefficient (Wildman–Crippen LogP) is -1.59. The molecule has 6 heavy (non-hydrogen) atoms. The Morgan fingerprint density at radius 2 is 1.83 bits per heavy atom. The van der Waals surface area contributed by atoms with Gasteiger partial charge in [-0.05, 0) is 0 Å². The first-order valence-corrected chi connectivity index (χ1v) is 2.42. The molecule has 38 valence electrons. The molecule has 0 heterocycles. The van der Waals surface area contributed by atoms with Crippen LogP contribution in [-0.2, 0) is 11.1 Å². The third-order valence-corrected chi connectivity index (χ3v) is 0.698. The zero-order valence-electron chi connectivity index (χ0n) is 3.00. The first kappa shape index (κ1) is 6.03. The normalized spacial score (nSPS) is 15.3. The molecule has 5 heteroatoms. The van der Waals surface area contributed by atoms with E-state index in [-0.39, 0.29) is 0 Å². The molecule has 0 fully saturated rings. The molecule has 0 saturated carbocycles. The maximum Gasteiger partial charge on any atom is 0.185 e. The Labute approximate surface area is 37.8 Å². The van der Waals surface area contributed by atoms with E-state index in [1.165, 1.54) is 0 Å². The Morgan fingerprint density at radius 3 is 1.83 bits per heavy atom. The Kier molecular flexibility index (Phi) is 2.26. The maximum atomic E-state index is 9.56. The van der Waals surface area contributed by atoms with Crippen LogP contribution in [0.4, 0.5) is 0 Å². The summed E-state index contributed by atoms with van der Waals surface area (Å²) in [4.78, 5) is 0. The van der Waals surface area contributed by atoms with Crippen LogP contribution < -0.4 is 11.5 Å². The van der Waals surface area contributed by atoms with Gasteiger partial charge in [0.05, 0.1) is 0 Å². The molecule has 1 atom stereocenters. The minimum Gasteiger partial charge on any atom is -0.304 e. The van der Waals surface area contributed by atoms with Crippen molar-refractivity contribution in [3.05, 3.63) is 0 Å². The molecule has 0 aliphatic heterocycles. The standard InChI is InChI=1S/CH6N2O2S/c2-1(3)6(4)5/h1H,2-3H2,(H,4,5). The molecule has 0 amide bonds. The highest BCUT2D eigenvalue weighted by Crippen LogP contribution is 1.66. The number of hydrogen-bond donors (Lipinski definition) is 3. The molecule has 0 radical (unpaired) electrons. The lowest BCUT2D eigenvalue weighted by molar-refractivity contribution is 0.550. The average molecular weight is 110 g/mol. The van der Waals surface area contributed by atoms with Gasteiger partial charge in [-0.1, -0.05) is 0 Å². The predicted molar refractivity (Wildman–Crippen MR) is 22.9 cm³/mol. The zero-order valence-corrected chi connectivity index (χ0v) is 3.81. The first-order chi connectivity index (χ1) is 2.64. The molecular formula is CH6N2O2S. The summed E-state index contributed by atoms with van der Waals surface area (Å²) in [5, 5.41) is 0. The fourth-order valence-electron chi connectivity index (χ4n) is 0. The Bertz CT molecular complexity index is 62.6. The number of rotatable bonds is 1. The van der Waals surface area contributed by atoms with Gasteiger partial charge in [0.15, 0.2) is 16.6 Å². The van der Waals surface area contributed by atoms with Gasteiger partial charge in [-0.3, -0.25) is 0 Å². The highest BCUT2D eigenvalue weighted by atomic mass is 32.2. The fourth-order valence-corrected chi connectivity index (χ4v) is 0. The van der Waals surface area contributed by atoms with E-state index in [4.69, 9.17) is 4.55 Å². The fraction of sp³-hybridized carbons (Fsp3) is 1.00. The van der Waals surface area contributed by atoms with Crippen molar-refractivity contribution in [2.75, 3.05) is 0 Å². The van der Waals surface area contributed by atoms with Gasteiger partial charge in [-0.25, -0.2) is 4.21 Å². The molecular weight excluding hydrogens is 104 g/mol. The summed E-state index contributed by atoms with van der Waals surface area (Å²) >= 11 is -2.06. The van der Waals surface area contributed by atoms with E-state index in [1.54, 1.807) is 0 Å². The highest BCUT2D eigenvalue weighted by Gasteiger charge is 1.96. The van der Waals surface area contributed by atoms with Crippen molar-refractivity contribution in [2.45, 2.75) is 5.50 Å². The van der Waals surface area contributed by atoms with Crippen LogP contribution in [0, 0.1) is 0 Å². The van der Waals surface area contributed by atoms with Crippen LogP contribution in [0.1, 0.15) is 0 Å². The van der Waals surface area contributed by atoms with Gasteiger partial charge in [-0.2, -0.15) is 0 Å². The molecule has 0 saturated heterocycles. The van der Waals surface area contributed by atoms with Crippen molar-refractivity contribution < 1.29 is 8.76 Å². The summed E-state index contributed by atoms with van der Waals surface area (Å²) in [5.74, 6) is 0. The van der Waals surface area contributed by atoms with Crippen LogP contribution in [0.25, 0.3) is 0 Å². The van der Waals surface area contributed by atoms with E-state index in [2.05, 4.69) is 11.5 Å². The molecule has 0 aromatic heterocycles. The molecule has 0 bridgehead atoms. The van der Waals surface area contributed by atoms with E-state index in [0.717, 1.165) is 0 Å². The molecule has 0 spiro atoms. The second-order valence-electron chi connectivity index (χ2n) is 0.741. The lowest BCUT2D eigenvalue weighted by Gasteiger charge is -1.92. The molecule has 0 rings (SSSR count). The van der Waals surface area contributed by atoms with Gasteiger partial charge in [0, 0.05) is 0 Å². The Balaban J connectivity index is 3.26. The van der Waals surface area contributed by atoms with E-state index in [0.29, 0.717) is 0 Å². The van der Waals surface area contributed by atoms with Crippen LogP contribution in [0.15, 0.2) is 0 Å². The Hall–Kier alpha value is 0.0300. The van der Waals surface area contributed by atoms with Crippen molar-refractivity contribution in [3.8, 4) is 0 Å². The quantitative estimate of drug-likeness (QED) is 0.280. The van der Waals surface area contributed by atoms with E-state index < -0.39 is 16.6 Å². The maximum absolute atomic E-state index is 9.56. The summed E-state index contributed by atoms with van der Waals surface area (Å²) < 4.78 is 17.4. The minimum atomic E-state index is -2.06. The van der Waals surface area contributed by atoms with Gasteiger partial charge in [0.1, 0.15) is 0 Å². The van der Waals surface area contributed by atoms with Crippen LogP contribution in [0.5, 0.6) is 0 Å². The van der Waals surface area contributed by atoms with Crippen LogP contribution in [0.2, 0.25) is 0 Å². The van der Waals surface area contributed by atoms with Crippen LogP contribution in [-0.4, -0.2) is 14.3 Å². The van der Waals surface area contributed by atoms with Crippen molar-refractivity contribution in [2.24, 2.45) is 11.5 Å². The summed E-state index contributed by atoms with van der Waals surface area (Å²) in [6.07, 6.45) is 0. The minimum absolute atomic E-state index is 1.12. The summed E-state index contributed by atoms with van der Waals surface area (Å²) in [5.41, 5.74) is 8.21. The van der Waals surface area contributed by atoms with Crippen molar-refractivity contribution in [1.82, 2.24) is 0 Å². The van der Waals surface area contributed by atoms with Gasteiger partial charge >= 0.3 is 0 Å². The molecule has 0 aromatic rings. The van der Waals surface area contributed by atoms with Crippen LogP contribution >= 0.6 is 0 Å². The second-order valence-corrected chi connectivity index (χ2v) is 1.84. The van der Waals surface area contributed by atoms with Gasteiger partial charge < -0.3 is 16.0 Å². The zero-order chi connectivity index (χ0) is 5.15. The lowest BCUT2D eigenvalue weighted by Crippen LogP contribution is -2.34. The van der Waals surface area contributed by atoms with Gasteiger partial charge in [0.25, 0.3) is 0 Å². The van der Waals surface area contributed by atoms with Crippen LogP contribution in [0.3, 0.4) is 0 Å². The second kappa shape index (κ2) is 2.25. The SMILES string of the molecule is NC(N)S(=O)O. The van der Waals surface area contributed by atoms with E-state index in [1.807, 2.05) is 0 Å². The average Bonchev–Trinajstić information content (AvgIpc) is 1.36. The molecule has 0 aliphatic rings.